The first kappa shape index (κ1) is 21.4. The monoisotopic (exact) mass is 430 g/mol. The summed E-state index contributed by atoms with van der Waals surface area (Å²) in [5.41, 5.74) is 0.821. The number of hydrogen-bond acceptors (Lipinski definition) is 4. The number of carbonyl (C=O) groups excluding carboxylic acids is 3. The Morgan fingerprint density at radius 1 is 1.17 bits per heavy atom. The van der Waals surface area contributed by atoms with Crippen LogP contribution in [0.3, 0.4) is 0 Å². The van der Waals surface area contributed by atoms with Crippen molar-refractivity contribution in [3.63, 3.8) is 0 Å². The van der Waals surface area contributed by atoms with Crippen LogP contribution in [0.2, 0.25) is 5.02 Å². The summed E-state index contributed by atoms with van der Waals surface area (Å²) >= 11 is 7.35. The maximum absolute atomic E-state index is 12.5. The normalized spacial score (nSPS) is 20.1. The largest absolute Gasteiger partial charge is 0.325 e. The Bertz CT molecular complexity index is 915. The molecule has 1 aliphatic heterocycles. The van der Waals surface area contributed by atoms with Gasteiger partial charge in [0.25, 0.3) is 0 Å². The van der Waals surface area contributed by atoms with E-state index >= 15 is 0 Å². The lowest BCUT2D eigenvalue weighted by Gasteiger charge is -2.35. The highest BCUT2D eigenvalue weighted by atomic mass is 35.5. The maximum Gasteiger partial charge on any atom is 0.237 e. The first-order valence-electron chi connectivity index (χ1n) is 9.52. The molecule has 0 aliphatic carbocycles. The minimum Gasteiger partial charge on any atom is -0.325 e. The van der Waals surface area contributed by atoms with E-state index in [0.29, 0.717) is 30.0 Å². The first-order valence-corrected chi connectivity index (χ1v) is 10.8. The van der Waals surface area contributed by atoms with Gasteiger partial charge in [0.15, 0.2) is 0 Å². The van der Waals surface area contributed by atoms with Crippen molar-refractivity contribution in [3.05, 3.63) is 59.1 Å². The molecular formula is C22H23ClN2O3S. The summed E-state index contributed by atoms with van der Waals surface area (Å²) in [6.07, 6.45) is 1.43. The molecule has 2 N–H and O–H groups in total. The molecule has 3 rings (SSSR count). The molecule has 1 aliphatic rings. The standard InChI is InChI=1S/C22H23ClN2O3S/c1-3-22(13-12-19(26)25-21(22)28)15-4-8-17(9-5-15)24-20(27)14(2)29-18-10-6-16(23)7-11-18/h4-11,14H,3,12-13H2,1-2H3,(H,24,27)(H,25,26,28). The highest BCUT2D eigenvalue weighted by molar-refractivity contribution is 8.00. The molecule has 0 saturated carbocycles. The molecule has 1 heterocycles. The second kappa shape index (κ2) is 9.01. The molecule has 2 aromatic rings. The van der Waals surface area contributed by atoms with E-state index < -0.39 is 5.41 Å². The highest BCUT2D eigenvalue weighted by Crippen LogP contribution is 2.36. The van der Waals surface area contributed by atoms with E-state index in [1.54, 1.807) is 24.3 Å². The lowest BCUT2D eigenvalue weighted by Crippen LogP contribution is -2.51. The van der Waals surface area contributed by atoms with E-state index in [9.17, 15) is 14.4 Å². The van der Waals surface area contributed by atoms with Crippen molar-refractivity contribution >= 4 is 46.8 Å². The Morgan fingerprint density at radius 3 is 2.41 bits per heavy atom. The average molecular weight is 431 g/mol. The zero-order chi connectivity index (χ0) is 21.0. The second-order valence-corrected chi connectivity index (χ2v) is 8.94. The van der Waals surface area contributed by atoms with Gasteiger partial charge in [-0.1, -0.05) is 30.7 Å². The van der Waals surface area contributed by atoms with Crippen molar-refractivity contribution in [1.82, 2.24) is 5.32 Å². The van der Waals surface area contributed by atoms with Crippen molar-refractivity contribution in [3.8, 4) is 0 Å². The number of amides is 3. The van der Waals surface area contributed by atoms with E-state index in [1.807, 2.05) is 38.1 Å². The third kappa shape index (κ3) is 4.82. The van der Waals surface area contributed by atoms with Gasteiger partial charge in [-0.25, -0.2) is 0 Å². The summed E-state index contributed by atoms with van der Waals surface area (Å²) in [6.45, 7) is 3.79. The van der Waals surface area contributed by atoms with Crippen molar-refractivity contribution in [2.45, 2.75) is 48.7 Å². The topological polar surface area (TPSA) is 75.3 Å². The predicted octanol–water partition coefficient (Wildman–Crippen LogP) is 4.54. The van der Waals surface area contributed by atoms with E-state index in [0.717, 1.165) is 10.5 Å². The quantitative estimate of drug-likeness (QED) is 0.521. The lowest BCUT2D eigenvalue weighted by molar-refractivity contribution is -0.138. The van der Waals surface area contributed by atoms with Gasteiger partial charge >= 0.3 is 0 Å². The van der Waals surface area contributed by atoms with Gasteiger partial charge in [0, 0.05) is 22.0 Å². The van der Waals surface area contributed by atoms with Crippen LogP contribution < -0.4 is 10.6 Å². The van der Waals surface area contributed by atoms with Crippen LogP contribution in [-0.2, 0) is 19.8 Å². The van der Waals surface area contributed by atoms with Crippen molar-refractivity contribution < 1.29 is 14.4 Å². The third-order valence-corrected chi connectivity index (χ3v) is 6.63. The minimum absolute atomic E-state index is 0.107. The van der Waals surface area contributed by atoms with Crippen LogP contribution in [0.15, 0.2) is 53.4 Å². The van der Waals surface area contributed by atoms with E-state index in [2.05, 4.69) is 10.6 Å². The summed E-state index contributed by atoms with van der Waals surface area (Å²) in [6, 6.07) is 14.7. The summed E-state index contributed by atoms with van der Waals surface area (Å²) < 4.78 is 0. The van der Waals surface area contributed by atoms with Gasteiger partial charge in [0.05, 0.1) is 10.7 Å². The van der Waals surface area contributed by atoms with Crippen LogP contribution in [0.5, 0.6) is 0 Å². The van der Waals surface area contributed by atoms with Crippen LogP contribution in [0, 0.1) is 0 Å². The molecule has 2 aromatic carbocycles. The van der Waals surface area contributed by atoms with Gasteiger partial charge in [-0.3, -0.25) is 19.7 Å². The molecule has 0 radical (unpaired) electrons. The molecule has 0 bridgehead atoms. The molecule has 2 atom stereocenters. The fourth-order valence-corrected chi connectivity index (χ4v) is 4.45. The summed E-state index contributed by atoms with van der Waals surface area (Å²) in [4.78, 5) is 37.5. The average Bonchev–Trinajstić information content (AvgIpc) is 2.71. The Balaban J connectivity index is 1.66. The lowest BCUT2D eigenvalue weighted by atomic mass is 9.72. The number of thioether (sulfide) groups is 1. The van der Waals surface area contributed by atoms with Crippen LogP contribution in [0.1, 0.15) is 38.7 Å². The Labute approximate surface area is 179 Å². The number of imide groups is 1. The Kier molecular flexibility index (Phi) is 6.65. The zero-order valence-electron chi connectivity index (χ0n) is 16.3. The van der Waals surface area contributed by atoms with Gasteiger partial charge < -0.3 is 5.32 Å². The molecule has 152 valence electrons. The van der Waals surface area contributed by atoms with Crippen LogP contribution in [-0.4, -0.2) is 23.0 Å². The fraction of sp³-hybridized carbons (Fsp3) is 0.318. The van der Waals surface area contributed by atoms with Crippen LogP contribution >= 0.6 is 23.4 Å². The van der Waals surface area contributed by atoms with Crippen molar-refractivity contribution in [2.75, 3.05) is 5.32 Å². The molecule has 29 heavy (non-hydrogen) atoms. The summed E-state index contributed by atoms with van der Waals surface area (Å²) in [5, 5.41) is 5.74. The van der Waals surface area contributed by atoms with Gasteiger partial charge in [-0.2, -0.15) is 0 Å². The Hall–Kier alpha value is -2.31. The van der Waals surface area contributed by atoms with Gasteiger partial charge in [0.2, 0.25) is 17.7 Å². The zero-order valence-corrected chi connectivity index (χ0v) is 17.9. The van der Waals surface area contributed by atoms with E-state index in [4.69, 9.17) is 11.6 Å². The number of hydrogen-bond donors (Lipinski definition) is 2. The predicted molar refractivity (Wildman–Crippen MR) is 116 cm³/mol. The molecule has 1 saturated heterocycles. The van der Waals surface area contributed by atoms with Crippen molar-refractivity contribution in [2.24, 2.45) is 0 Å². The summed E-state index contributed by atoms with van der Waals surface area (Å²) in [5.74, 6) is -0.583. The molecule has 0 aromatic heterocycles. The first-order chi connectivity index (χ1) is 13.8. The molecule has 3 amide bonds. The van der Waals surface area contributed by atoms with Crippen LogP contribution in [0.4, 0.5) is 5.69 Å². The number of nitrogens with one attached hydrogen (secondary N) is 2. The number of anilines is 1. The molecule has 5 nitrogen and oxygen atoms in total. The van der Waals surface area contributed by atoms with Crippen molar-refractivity contribution in [1.29, 1.82) is 0 Å². The summed E-state index contributed by atoms with van der Waals surface area (Å²) in [7, 11) is 0. The molecule has 2 unspecified atom stereocenters. The molecule has 1 fully saturated rings. The molecular weight excluding hydrogens is 408 g/mol. The number of rotatable bonds is 6. The fourth-order valence-electron chi connectivity index (χ4n) is 3.45. The number of halogens is 1. The Morgan fingerprint density at radius 2 is 1.83 bits per heavy atom. The highest BCUT2D eigenvalue weighted by Gasteiger charge is 2.42. The molecule has 7 heteroatoms. The number of benzene rings is 2. The minimum atomic E-state index is -0.700. The maximum atomic E-state index is 12.5. The van der Waals surface area contributed by atoms with Gasteiger partial charge in [-0.15, -0.1) is 11.8 Å². The SMILES string of the molecule is CCC1(c2ccc(NC(=O)C(C)Sc3ccc(Cl)cc3)cc2)CCC(=O)NC1=O. The van der Waals surface area contributed by atoms with Gasteiger partial charge in [0.1, 0.15) is 0 Å². The smallest absolute Gasteiger partial charge is 0.237 e. The number of carbonyl (C=O) groups is 3. The van der Waals surface area contributed by atoms with E-state index in [-0.39, 0.29) is 23.0 Å². The van der Waals surface area contributed by atoms with Gasteiger partial charge in [-0.05, 0) is 61.7 Å². The molecule has 0 spiro atoms. The third-order valence-electron chi connectivity index (χ3n) is 5.27. The second-order valence-electron chi connectivity index (χ2n) is 7.09. The van der Waals surface area contributed by atoms with Crippen LogP contribution in [0.25, 0.3) is 0 Å². The number of piperidine rings is 1. The van der Waals surface area contributed by atoms with E-state index in [1.165, 1.54) is 11.8 Å².